The van der Waals surface area contributed by atoms with E-state index in [-0.39, 0.29) is 35.3 Å². The molecule has 1 heterocycles. The number of carbonyl (C=O) groups excluding carboxylic acids is 2. The molecule has 0 bridgehead atoms. The van der Waals surface area contributed by atoms with Crippen molar-refractivity contribution >= 4 is 23.4 Å². The first-order valence-electron chi connectivity index (χ1n) is 10.2. The summed E-state index contributed by atoms with van der Waals surface area (Å²) in [5.41, 5.74) is 0.998. The van der Waals surface area contributed by atoms with Crippen molar-refractivity contribution in [3.63, 3.8) is 0 Å². The fraction of sp³-hybridized carbons (Fsp3) is 0.304. The minimum absolute atomic E-state index is 0.167. The van der Waals surface area contributed by atoms with E-state index < -0.39 is 12.1 Å². The van der Waals surface area contributed by atoms with Crippen LogP contribution in [0.25, 0.3) is 11.4 Å². The fourth-order valence-electron chi connectivity index (χ4n) is 3.05. The molecule has 168 valence electrons. The summed E-state index contributed by atoms with van der Waals surface area (Å²) in [7, 11) is 0. The highest BCUT2D eigenvalue weighted by atomic mass is 35.5. The molecule has 0 aliphatic heterocycles. The van der Waals surface area contributed by atoms with Gasteiger partial charge in [0.05, 0.1) is 0 Å². The molecule has 3 rings (SSSR count). The first-order valence-corrected chi connectivity index (χ1v) is 10.6. The van der Waals surface area contributed by atoms with E-state index in [0.29, 0.717) is 22.6 Å². The fourth-order valence-corrected chi connectivity index (χ4v) is 3.17. The van der Waals surface area contributed by atoms with Crippen molar-refractivity contribution in [2.75, 3.05) is 0 Å². The maximum absolute atomic E-state index is 13.1. The van der Waals surface area contributed by atoms with Crippen LogP contribution in [0.4, 0.5) is 4.39 Å². The Bertz CT molecular complexity index is 1070. The third-order valence-corrected chi connectivity index (χ3v) is 4.96. The van der Waals surface area contributed by atoms with E-state index in [1.807, 2.05) is 13.8 Å². The number of rotatable bonds is 8. The lowest BCUT2D eigenvalue weighted by Gasteiger charge is -2.21. The minimum atomic E-state index is -0.750. The highest BCUT2D eigenvalue weighted by Gasteiger charge is 2.26. The normalized spacial score (nSPS) is 12.9. The lowest BCUT2D eigenvalue weighted by Crippen LogP contribution is -2.48. The summed E-state index contributed by atoms with van der Waals surface area (Å²) in [6.45, 7) is 5.63. The van der Waals surface area contributed by atoms with E-state index in [1.165, 1.54) is 24.3 Å². The van der Waals surface area contributed by atoms with Crippen LogP contribution in [0.15, 0.2) is 53.1 Å². The molecule has 9 heteroatoms. The van der Waals surface area contributed by atoms with E-state index in [2.05, 4.69) is 20.8 Å². The predicted molar refractivity (Wildman–Crippen MR) is 118 cm³/mol. The van der Waals surface area contributed by atoms with Gasteiger partial charge in [0.2, 0.25) is 17.6 Å². The van der Waals surface area contributed by atoms with Gasteiger partial charge in [-0.05, 0) is 67.8 Å². The van der Waals surface area contributed by atoms with Gasteiger partial charge >= 0.3 is 0 Å². The molecule has 0 radical (unpaired) electrons. The monoisotopic (exact) mass is 458 g/mol. The second-order valence-electron chi connectivity index (χ2n) is 7.86. The molecule has 0 fully saturated rings. The average molecular weight is 459 g/mol. The molecular formula is C23H24ClFN4O3. The number of hydrogen-bond donors (Lipinski definition) is 2. The lowest BCUT2D eigenvalue weighted by molar-refractivity contribution is -0.124. The third kappa shape index (κ3) is 6.13. The molecule has 0 aliphatic rings. The molecule has 2 unspecified atom stereocenters. The Morgan fingerprint density at radius 2 is 1.69 bits per heavy atom. The molecule has 2 amide bonds. The number of hydrogen-bond acceptors (Lipinski definition) is 5. The summed E-state index contributed by atoms with van der Waals surface area (Å²) in [6.07, 6.45) is 0.447. The zero-order valence-corrected chi connectivity index (χ0v) is 18.7. The van der Waals surface area contributed by atoms with Crippen LogP contribution >= 0.6 is 11.6 Å². The summed E-state index contributed by atoms with van der Waals surface area (Å²) < 4.78 is 18.4. The van der Waals surface area contributed by atoms with E-state index in [0.717, 1.165) is 0 Å². The van der Waals surface area contributed by atoms with Gasteiger partial charge in [-0.1, -0.05) is 30.6 Å². The Labute approximate surface area is 190 Å². The number of amides is 2. The van der Waals surface area contributed by atoms with Gasteiger partial charge in [0.25, 0.3) is 5.91 Å². The lowest BCUT2D eigenvalue weighted by atomic mass is 10.0. The Hall–Kier alpha value is -3.26. The van der Waals surface area contributed by atoms with Gasteiger partial charge in [-0.25, -0.2) is 4.39 Å². The Morgan fingerprint density at radius 1 is 1.03 bits per heavy atom. The first kappa shape index (κ1) is 23.4. The maximum Gasteiger partial charge on any atom is 0.251 e. The van der Waals surface area contributed by atoms with Crippen molar-refractivity contribution in [3.8, 4) is 11.4 Å². The van der Waals surface area contributed by atoms with Crippen molar-refractivity contribution in [2.24, 2.45) is 5.92 Å². The number of benzene rings is 2. The zero-order valence-electron chi connectivity index (χ0n) is 17.9. The van der Waals surface area contributed by atoms with Crippen molar-refractivity contribution in [1.82, 2.24) is 20.8 Å². The van der Waals surface area contributed by atoms with Crippen molar-refractivity contribution in [2.45, 2.75) is 39.3 Å². The molecule has 32 heavy (non-hydrogen) atoms. The third-order valence-electron chi connectivity index (χ3n) is 4.71. The Morgan fingerprint density at radius 3 is 2.31 bits per heavy atom. The number of aromatic nitrogens is 2. The van der Waals surface area contributed by atoms with Crippen LogP contribution in [0.2, 0.25) is 5.02 Å². The van der Waals surface area contributed by atoms with Gasteiger partial charge in [-0.15, -0.1) is 0 Å². The van der Waals surface area contributed by atoms with Crippen LogP contribution in [-0.2, 0) is 4.79 Å². The molecule has 3 aromatic rings. The summed E-state index contributed by atoms with van der Waals surface area (Å²) in [5.74, 6) is -0.447. The van der Waals surface area contributed by atoms with Crippen LogP contribution < -0.4 is 10.6 Å². The van der Waals surface area contributed by atoms with Crippen molar-refractivity contribution in [3.05, 3.63) is 70.8 Å². The van der Waals surface area contributed by atoms with Crippen LogP contribution in [0.1, 0.15) is 49.5 Å². The molecule has 2 N–H and O–H groups in total. The highest BCUT2D eigenvalue weighted by molar-refractivity contribution is 6.30. The quantitative estimate of drug-likeness (QED) is 0.516. The summed E-state index contributed by atoms with van der Waals surface area (Å²) in [5, 5.41) is 10.0. The van der Waals surface area contributed by atoms with E-state index >= 15 is 0 Å². The maximum atomic E-state index is 13.1. The SMILES string of the molecule is CC(C)CC(NC(=O)c1ccc(Cl)cc1)C(=O)NC(C)c1nc(-c2ccc(F)cc2)no1. The number of nitrogens with zero attached hydrogens (tertiary/aromatic N) is 2. The van der Waals surface area contributed by atoms with Crippen molar-refractivity contribution in [1.29, 1.82) is 0 Å². The Kier molecular flexibility index (Phi) is 7.58. The topological polar surface area (TPSA) is 97.1 Å². The van der Waals surface area contributed by atoms with Gasteiger partial charge in [-0.2, -0.15) is 4.98 Å². The average Bonchev–Trinajstić information content (AvgIpc) is 3.24. The zero-order chi connectivity index (χ0) is 23.3. The highest BCUT2D eigenvalue weighted by Crippen LogP contribution is 2.19. The van der Waals surface area contributed by atoms with Crippen molar-refractivity contribution < 1.29 is 18.5 Å². The number of nitrogens with one attached hydrogen (secondary N) is 2. The molecule has 2 aromatic carbocycles. The molecule has 7 nitrogen and oxygen atoms in total. The first-order chi connectivity index (χ1) is 15.2. The Balaban J connectivity index is 1.68. The molecule has 0 aliphatic carbocycles. The van der Waals surface area contributed by atoms with Crippen LogP contribution in [-0.4, -0.2) is 28.0 Å². The smallest absolute Gasteiger partial charge is 0.251 e. The second kappa shape index (κ2) is 10.4. The summed E-state index contributed by atoms with van der Waals surface area (Å²) >= 11 is 5.87. The van der Waals surface area contributed by atoms with E-state index in [4.69, 9.17) is 16.1 Å². The van der Waals surface area contributed by atoms with Gasteiger partial charge < -0.3 is 15.2 Å². The number of halogens is 2. The van der Waals surface area contributed by atoms with Gasteiger partial charge in [0.1, 0.15) is 17.9 Å². The van der Waals surface area contributed by atoms with Gasteiger partial charge in [0, 0.05) is 16.1 Å². The van der Waals surface area contributed by atoms with E-state index in [1.54, 1.807) is 31.2 Å². The van der Waals surface area contributed by atoms with Gasteiger partial charge in [-0.3, -0.25) is 9.59 Å². The summed E-state index contributed by atoms with van der Waals surface area (Å²) in [6, 6.07) is 10.8. The number of carbonyl (C=O) groups is 2. The molecular weight excluding hydrogens is 435 g/mol. The molecule has 0 saturated carbocycles. The van der Waals surface area contributed by atoms with E-state index in [9.17, 15) is 14.0 Å². The molecule has 1 aromatic heterocycles. The van der Waals surface area contributed by atoms with Crippen LogP contribution in [0.3, 0.4) is 0 Å². The molecule has 0 spiro atoms. The minimum Gasteiger partial charge on any atom is -0.343 e. The van der Waals surface area contributed by atoms with Crippen LogP contribution in [0.5, 0.6) is 0 Å². The van der Waals surface area contributed by atoms with Gasteiger partial charge in [0.15, 0.2) is 0 Å². The summed E-state index contributed by atoms with van der Waals surface area (Å²) in [4.78, 5) is 29.8. The molecule has 0 saturated heterocycles. The predicted octanol–water partition coefficient (Wildman–Crippen LogP) is 4.55. The molecule has 2 atom stereocenters. The second-order valence-corrected chi connectivity index (χ2v) is 8.29. The standard InChI is InChI=1S/C23H24ClFN4O3/c1-13(2)12-19(27-21(30)16-4-8-17(24)9-5-16)22(31)26-14(3)23-28-20(29-32-23)15-6-10-18(25)11-7-15/h4-11,13-14,19H,12H2,1-3H3,(H,26,31)(H,27,30). The van der Waals surface area contributed by atoms with Crippen LogP contribution in [0, 0.1) is 11.7 Å². The largest absolute Gasteiger partial charge is 0.343 e.